The van der Waals surface area contributed by atoms with Crippen molar-refractivity contribution < 1.29 is 9.53 Å². The first-order chi connectivity index (χ1) is 11.7. The maximum atomic E-state index is 12.2. The van der Waals surface area contributed by atoms with Gasteiger partial charge in [-0.1, -0.05) is 49.4 Å². The third-order valence-electron chi connectivity index (χ3n) is 5.21. The van der Waals surface area contributed by atoms with E-state index >= 15 is 0 Å². The van der Waals surface area contributed by atoms with Gasteiger partial charge in [0.15, 0.2) is 0 Å². The Kier molecular flexibility index (Phi) is 3.38. The van der Waals surface area contributed by atoms with E-state index in [1.54, 1.807) is 0 Å². The molecule has 0 saturated carbocycles. The molecule has 1 heterocycles. The Morgan fingerprint density at radius 2 is 1.83 bits per heavy atom. The molecular formula is C21H19NO2. The van der Waals surface area contributed by atoms with Gasteiger partial charge in [-0.15, -0.1) is 0 Å². The van der Waals surface area contributed by atoms with Crippen LogP contribution in [0.5, 0.6) is 0 Å². The number of esters is 1. The standard InChI is InChI=1S/C21H19NO2/c1-3-21(13-19(23)24-2)16-10-6-5-9-15(16)20-17(21)12-14-8-4-7-11-18(14)22-20/h4-12H,3,13H2,1-2H3. The second-order valence-electron chi connectivity index (χ2n) is 6.31. The Balaban J connectivity index is 2.05. The molecule has 3 heteroatoms. The van der Waals surface area contributed by atoms with Gasteiger partial charge in [0, 0.05) is 16.4 Å². The van der Waals surface area contributed by atoms with E-state index in [9.17, 15) is 4.79 Å². The normalized spacial score (nSPS) is 18.2. The fourth-order valence-corrected chi connectivity index (χ4v) is 3.95. The van der Waals surface area contributed by atoms with E-state index in [1.165, 1.54) is 12.7 Å². The molecule has 0 saturated heterocycles. The Morgan fingerprint density at radius 3 is 2.62 bits per heavy atom. The van der Waals surface area contributed by atoms with E-state index in [1.807, 2.05) is 30.3 Å². The first-order valence-corrected chi connectivity index (χ1v) is 8.26. The van der Waals surface area contributed by atoms with Crippen molar-refractivity contribution in [3.8, 4) is 11.3 Å². The summed E-state index contributed by atoms with van der Waals surface area (Å²) in [5.74, 6) is -0.187. The number of pyridine rings is 1. The molecule has 2 aromatic carbocycles. The Hall–Kier alpha value is -2.68. The molecule has 3 nitrogen and oxygen atoms in total. The quantitative estimate of drug-likeness (QED) is 0.669. The lowest BCUT2D eigenvalue weighted by Gasteiger charge is -2.29. The highest BCUT2D eigenvalue weighted by molar-refractivity contribution is 5.89. The molecule has 120 valence electrons. The maximum Gasteiger partial charge on any atom is 0.306 e. The van der Waals surface area contributed by atoms with Crippen molar-refractivity contribution in [2.45, 2.75) is 25.2 Å². The summed E-state index contributed by atoms with van der Waals surface area (Å²) in [4.78, 5) is 17.1. The van der Waals surface area contributed by atoms with Gasteiger partial charge < -0.3 is 4.74 Å². The van der Waals surface area contributed by atoms with Crippen molar-refractivity contribution >= 4 is 16.9 Å². The van der Waals surface area contributed by atoms with Gasteiger partial charge in [-0.2, -0.15) is 0 Å². The van der Waals surface area contributed by atoms with Gasteiger partial charge in [0.25, 0.3) is 0 Å². The minimum absolute atomic E-state index is 0.187. The molecule has 1 atom stereocenters. The zero-order valence-electron chi connectivity index (χ0n) is 13.9. The van der Waals surface area contributed by atoms with Crippen molar-refractivity contribution in [3.63, 3.8) is 0 Å². The van der Waals surface area contributed by atoms with E-state index < -0.39 is 0 Å². The Labute approximate surface area is 141 Å². The number of aromatic nitrogens is 1. The maximum absolute atomic E-state index is 12.2. The number of nitrogens with zero attached hydrogens (tertiary/aromatic N) is 1. The Bertz CT molecular complexity index is 947. The fraction of sp³-hybridized carbons (Fsp3) is 0.238. The first kappa shape index (κ1) is 14.9. The highest BCUT2D eigenvalue weighted by atomic mass is 16.5. The van der Waals surface area contributed by atoms with Crippen molar-refractivity contribution in [1.29, 1.82) is 0 Å². The van der Waals surface area contributed by atoms with Crippen LogP contribution in [-0.4, -0.2) is 18.1 Å². The summed E-state index contributed by atoms with van der Waals surface area (Å²) in [5.41, 5.74) is 5.05. The summed E-state index contributed by atoms with van der Waals surface area (Å²) >= 11 is 0. The Morgan fingerprint density at radius 1 is 1.08 bits per heavy atom. The summed E-state index contributed by atoms with van der Waals surface area (Å²) in [6.45, 7) is 2.13. The molecule has 1 aliphatic rings. The second-order valence-corrected chi connectivity index (χ2v) is 6.31. The number of carbonyl (C=O) groups excluding carboxylic acids is 1. The molecule has 1 unspecified atom stereocenters. The van der Waals surface area contributed by atoms with E-state index in [4.69, 9.17) is 9.72 Å². The van der Waals surface area contributed by atoms with Crippen LogP contribution in [0.2, 0.25) is 0 Å². The van der Waals surface area contributed by atoms with Gasteiger partial charge in [-0.3, -0.25) is 4.79 Å². The summed E-state index contributed by atoms with van der Waals surface area (Å²) in [7, 11) is 1.45. The van der Waals surface area contributed by atoms with Crippen LogP contribution in [0.1, 0.15) is 30.9 Å². The topological polar surface area (TPSA) is 39.2 Å². The minimum Gasteiger partial charge on any atom is -0.469 e. The van der Waals surface area contributed by atoms with Crippen LogP contribution < -0.4 is 0 Å². The van der Waals surface area contributed by atoms with E-state index in [0.717, 1.165) is 34.1 Å². The molecule has 1 aromatic heterocycles. The van der Waals surface area contributed by atoms with Gasteiger partial charge in [0.1, 0.15) is 0 Å². The first-order valence-electron chi connectivity index (χ1n) is 8.26. The average Bonchev–Trinajstić information content (AvgIpc) is 2.90. The van der Waals surface area contributed by atoms with Crippen molar-refractivity contribution in [2.24, 2.45) is 0 Å². The van der Waals surface area contributed by atoms with E-state index in [2.05, 4.69) is 31.2 Å². The molecule has 0 bridgehead atoms. The predicted octanol–water partition coefficient (Wildman–Crippen LogP) is 4.47. The van der Waals surface area contributed by atoms with E-state index in [-0.39, 0.29) is 11.4 Å². The number of ether oxygens (including phenoxy) is 1. The SMILES string of the molecule is CCC1(CC(=O)OC)c2ccccc2-c2nc3ccccc3cc21. The van der Waals surface area contributed by atoms with Gasteiger partial charge in [-0.25, -0.2) is 4.98 Å². The predicted molar refractivity (Wildman–Crippen MR) is 94.9 cm³/mol. The van der Waals surface area contributed by atoms with Crippen LogP contribution in [0.3, 0.4) is 0 Å². The molecule has 0 N–H and O–H groups in total. The third kappa shape index (κ3) is 1.97. The molecule has 4 rings (SSSR count). The second kappa shape index (κ2) is 5.45. The van der Waals surface area contributed by atoms with Crippen molar-refractivity contribution in [2.75, 3.05) is 7.11 Å². The molecule has 0 aliphatic heterocycles. The lowest BCUT2D eigenvalue weighted by molar-refractivity contribution is -0.141. The van der Waals surface area contributed by atoms with Gasteiger partial charge >= 0.3 is 5.97 Å². The van der Waals surface area contributed by atoms with Gasteiger partial charge in [0.2, 0.25) is 0 Å². The van der Waals surface area contributed by atoms with Gasteiger partial charge in [0.05, 0.1) is 24.7 Å². The number of para-hydroxylation sites is 1. The fourth-order valence-electron chi connectivity index (χ4n) is 3.95. The summed E-state index contributed by atoms with van der Waals surface area (Å²) < 4.78 is 5.00. The number of fused-ring (bicyclic) bond motifs is 4. The van der Waals surface area contributed by atoms with Crippen molar-refractivity contribution in [1.82, 2.24) is 4.98 Å². The number of hydrogen-bond acceptors (Lipinski definition) is 3. The van der Waals surface area contributed by atoms with Crippen LogP contribution in [0, 0.1) is 0 Å². The third-order valence-corrected chi connectivity index (χ3v) is 5.21. The molecule has 1 aliphatic carbocycles. The lowest BCUT2D eigenvalue weighted by atomic mass is 9.73. The smallest absolute Gasteiger partial charge is 0.306 e. The molecule has 0 radical (unpaired) electrons. The monoisotopic (exact) mass is 317 g/mol. The van der Waals surface area contributed by atoms with Crippen LogP contribution in [0.25, 0.3) is 22.2 Å². The largest absolute Gasteiger partial charge is 0.469 e. The number of benzene rings is 2. The van der Waals surface area contributed by atoms with Crippen LogP contribution in [-0.2, 0) is 14.9 Å². The average molecular weight is 317 g/mol. The number of hydrogen-bond donors (Lipinski definition) is 0. The van der Waals surface area contributed by atoms with Crippen molar-refractivity contribution in [3.05, 3.63) is 65.7 Å². The molecule has 24 heavy (non-hydrogen) atoms. The summed E-state index contributed by atoms with van der Waals surface area (Å²) in [6.07, 6.45) is 1.16. The van der Waals surface area contributed by atoms with E-state index in [0.29, 0.717) is 6.42 Å². The molecule has 0 amide bonds. The van der Waals surface area contributed by atoms with Crippen LogP contribution in [0.4, 0.5) is 0 Å². The highest BCUT2D eigenvalue weighted by Gasteiger charge is 2.44. The number of rotatable bonds is 3. The molecule has 0 fully saturated rings. The molecule has 0 spiro atoms. The highest BCUT2D eigenvalue weighted by Crippen LogP contribution is 2.52. The number of methoxy groups -OCH3 is 1. The molecular weight excluding hydrogens is 298 g/mol. The summed E-state index contributed by atoms with van der Waals surface area (Å²) in [5, 5.41) is 1.10. The zero-order chi connectivity index (χ0) is 16.7. The number of carbonyl (C=O) groups is 1. The van der Waals surface area contributed by atoms with Crippen LogP contribution in [0.15, 0.2) is 54.6 Å². The van der Waals surface area contributed by atoms with Crippen LogP contribution >= 0.6 is 0 Å². The summed E-state index contributed by atoms with van der Waals surface area (Å²) in [6, 6.07) is 18.6. The van der Waals surface area contributed by atoms with Gasteiger partial charge in [-0.05, 0) is 29.7 Å². The zero-order valence-corrected chi connectivity index (χ0v) is 13.9. The minimum atomic E-state index is -0.365. The lowest BCUT2D eigenvalue weighted by Crippen LogP contribution is -2.28. The molecule has 3 aromatic rings.